The Kier molecular flexibility index (Phi) is 8.42. The summed E-state index contributed by atoms with van der Waals surface area (Å²) in [7, 11) is 0. The summed E-state index contributed by atoms with van der Waals surface area (Å²) in [6.07, 6.45) is 3.43. The van der Waals surface area contributed by atoms with Crippen LogP contribution in [0, 0.1) is 0 Å². The zero-order chi connectivity index (χ0) is 12.4. The van der Waals surface area contributed by atoms with Crippen LogP contribution >= 0.6 is 12.2 Å². The van der Waals surface area contributed by atoms with E-state index in [1.807, 2.05) is 13.8 Å². The molecular weight excluding hydrogens is 226 g/mol. The Morgan fingerprint density at radius 2 is 1.69 bits per heavy atom. The quantitative estimate of drug-likeness (QED) is 0.499. The fourth-order valence-corrected chi connectivity index (χ4v) is 1.14. The number of carbonyl (C=O) groups is 2. The van der Waals surface area contributed by atoms with Crippen LogP contribution < -0.4 is 16.2 Å². The summed E-state index contributed by atoms with van der Waals surface area (Å²) in [6.45, 7) is 3.92. The maximum Gasteiger partial charge on any atom is 0.238 e. The van der Waals surface area contributed by atoms with Crippen molar-refractivity contribution in [3.63, 3.8) is 0 Å². The molecule has 3 N–H and O–H groups in total. The van der Waals surface area contributed by atoms with Gasteiger partial charge in [0.25, 0.3) is 0 Å². The van der Waals surface area contributed by atoms with Crippen LogP contribution in [0.2, 0.25) is 0 Å². The highest BCUT2D eigenvalue weighted by Crippen LogP contribution is 1.92. The van der Waals surface area contributed by atoms with Crippen molar-refractivity contribution in [2.45, 2.75) is 46.0 Å². The first-order valence-electron chi connectivity index (χ1n) is 5.48. The molecular formula is C10H19N3O2S. The van der Waals surface area contributed by atoms with Crippen LogP contribution in [-0.2, 0) is 9.59 Å². The third kappa shape index (κ3) is 8.16. The van der Waals surface area contributed by atoms with E-state index in [-0.39, 0.29) is 16.9 Å². The van der Waals surface area contributed by atoms with Crippen molar-refractivity contribution in [2.75, 3.05) is 0 Å². The normalized spacial score (nSPS) is 9.38. The molecule has 0 atom stereocenters. The van der Waals surface area contributed by atoms with Gasteiger partial charge in [-0.2, -0.15) is 0 Å². The molecule has 0 aromatic heterocycles. The van der Waals surface area contributed by atoms with Crippen molar-refractivity contribution in [2.24, 2.45) is 0 Å². The van der Waals surface area contributed by atoms with Gasteiger partial charge in [-0.1, -0.05) is 20.3 Å². The number of unbranched alkanes of at least 4 members (excludes halogenated alkanes) is 1. The van der Waals surface area contributed by atoms with E-state index in [1.54, 1.807) is 0 Å². The highest BCUT2D eigenvalue weighted by atomic mass is 32.1. The van der Waals surface area contributed by atoms with Crippen LogP contribution in [0.1, 0.15) is 46.0 Å². The molecule has 0 bridgehead atoms. The van der Waals surface area contributed by atoms with Crippen molar-refractivity contribution in [3.8, 4) is 0 Å². The Labute approximate surface area is 101 Å². The summed E-state index contributed by atoms with van der Waals surface area (Å²) >= 11 is 4.83. The molecule has 0 spiro atoms. The average molecular weight is 245 g/mol. The summed E-state index contributed by atoms with van der Waals surface area (Å²) in [5.74, 6) is -0.281. The van der Waals surface area contributed by atoms with Crippen molar-refractivity contribution in [3.05, 3.63) is 0 Å². The summed E-state index contributed by atoms with van der Waals surface area (Å²) in [5.41, 5.74) is 4.87. The Morgan fingerprint density at radius 1 is 1.00 bits per heavy atom. The van der Waals surface area contributed by atoms with E-state index in [4.69, 9.17) is 12.2 Å². The van der Waals surface area contributed by atoms with E-state index in [1.165, 1.54) is 0 Å². The SMILES string of the molecule is CCCCC(=O)NC(=S)NNC(=O)CCC. The molecule has 0 heterocycles. The number of hydrogen-bond donors (Lipinski definition) is 3. The first kappa shape index (κ1) is 14.8. The molecule has 6 heteroatoms. The van der Waals surface area contributed by atoms with Gasteiger partial charge in [0.15, 0.2) is 5.11 Å². The fourth-order valence-electron chi connectivity index (χ4n) is 0.974. The molecule has 16 heavy (non-hydrogen) atoms. The van der Waals surface area contributed by atoms with Gasteiger partial charge in [0, 0.05) is 12.8 Å². The zero-order valence-electron chi connectivity index (χ0n) is 9.76. The lowest BCUT2D eigenvalue weighted by molar-refractivity contribution is -0.122. The number of nitrogens with one attached hydrogen (secondary N) is 3. The van der Waals surface area contributed by atoms with Crippen LogP contribution in [-0.4, -0.2) is 16.9 Å². The highest BCUT2D eigenvalue weighted by Gasteiger charge is 2.04. The van der Waals surface area contributed by atoms with Gasteiger partial charge in [-0.15, -0.1) is 0 Å². The Balaban J connectivity index is 3.65. The van der Waals surface area contributed by atoms with Crippen LogP contribution in [0.5, 0.6) is 0 Å². The maximum atomic E-state index is 11.2. The highest BCUT2D eigenvalue weighted by molar-refractivity contribution is 7.80. The van der Waals surface area contributed by atoms with Crippen molar-refractivity contribution >= 4 is 29.1 Å². The van der Waals surface area contributed by atoms with E-state index >= 15 is 0 Å². The minimum Gasteiger partial charge on any atom is -0.302 e. The minimum atomic E-state index is -0.146. The van der Waals surface area contributed by atoms with E-state index in [0.717, 1.165) is 19.3 Å². The number of hydrogen-bond acceptors (Lipinski definition) is 3. The molecule has 0 aliphatic heterocycles. The molecule has 92 valence electrons. The number of hydrazine groups is 1. The molecule has 0 aliphatic rings. The predicted octanol–water partition coefficient (Wildman–Crippen LogP) is 0.999. The van der Waals surface area contributed by atoms with Crippen LogP contribution in [0.3, 0.4) is 0 Å². The standard InChI is InChI=1S/C10H19N3O2S/c1-3-5-7-8(14)11-10(16)13-12-9(15)6-4-2/h3-7H2,1-2H3,(H,12,15)(H2,11,13,14,16). The lowest BCUT2D eigenvalue weighted by Gasteiger charge is -2.09. The number of rotatable bonds is 5. The lowest BCUT2D eigenvalue weighted by atomic mass is 10.2. The molecule has 0 unspecified atom stereocenters. The van der Waals surface area contributed by atoms with Gasteiger partial charge in [-0.25, -0.2) is 0 Å². The second-order valence-electron chi connectivity index (χ2n) is 3.40. The topological polar surface area (TPSA) is 70.2 Å². The molecule has 2 amide bonds. The molecule has 0 radical (unpaired) electrons. The predicted molar refractivity (Wildman–Crippen MR) is 66.5 cm³/mol. The second-order valence-corrected chi connectivity index (χ2v) is 3.81. The van der Waals surface area contributed by atoms with E-state index < -0.39 is 0 Å². The smallest absolute Gasteiger partial charge is 0.238 e. The lowest BCUT2D eigenvalue weighted by Crippen LogP contribution is -2.48. The van der Waals surface area contributed by atoms with Gasteiger partial charge in [0.2, 0.25) is 11.8 Å². The van der Waals surface area contributed by atoms with Gasteiger partial charge in [-0.3, -0.25) is 20.4 Å². The summed E-state index contributed by atoms with van der Waals surface area (Å²) in [6, 6.07) is 0. The average Bonchev–Trinajstić information content (AvgIpc) is 2.24. The molecule has 0 aliphatic carbocycles. The Hall–Kier alpha value is -1.17. The zero-order valence-corrected chi connectivity index (χ0v) is 10.6. The van der Waals surface area contributed by atoms with E-state index in [9.17, 15) is 9.59 Å². The molecule has 0 saturated carbocycles. The Morgan fingerprint density at radius 3 is 2.25 bits per heavy atom. The monoisotopic (exact) mass is 245 g/mol. The van der Waals surface area contributed by atoms with Gasteiger partial charge >= 0.3 is 0 Å². The van der Waals surface area contributed by atoms with Crippen LogP contribution in [0.4, 0.5) is 0 Å². The van der Waals surface area contributed by atoms with Crippen LogP contribution in [0.15, 0.2) is 0 Å². The van der Waals surface area contributed by atoms with E-state index in [0.29, 0.717) is 12.8 Å². The number of carbonyl (C=O) groups excluding carboxylic acids is 2. The second kappa shape index (κ2) is 9.08. The van der Waals surface area contributed by atoms with Crippen molar-refractivity contribution in [1.82, 2.24) is 16.2 Å². The maximum absolute atomic E-state index is 11.2. The van der Waals surface area contributed by atoms with Gasteiger partial charge < -0.3 is 5.32 Å². The summed E-state index contributed by atoms with van der Waals surface area (Å²) in [5, 5.41) is 2.61. The first-order chi connectivity index (χ1) is 7.60. The summed E-state index contributed by atoms with van der Waals surface area (Å²) < 4.78 is 0. The fraction of sp³-hybridized carbons (Fsp3) is 0.700. The minimum absolute atomic E-state index is 0.130. The third-order valence-electron chi connectivity index (χ3n) is 1.80. The van der Waals surface area contributed by atoms with Gasteiger partial charge in [0.05, 0.1) is 0 Å². The summed E-state index contributed by atoms with van der Waals surface area (Å²) in [4.78, 5) is 22.3. The number of amides is 2. The molecule has 0 aromatic carbocycles. The van der Waals surface area contributed by atoms with Crippen molar-refractivity contribution in [1.29, 1.82) is 0 Å². The number of thiocarbonyl (C=S) groups is 1. The first-order valence-corrected chi connectivity index (χ1v) is 5.89. The van der Waals surface area contributed by atoms with Gasteiger partial charge in [0.1, 0.15) is 0 Å². The van der Waals surface area contributed by atoms with Gasteiger partial charge in [-0.05, 0) is 25.1 Å². The molecule has 0 fully saturated rings. The molecule has 0 aromatic rings. The Bertz CT molecular complexity index is 256. The largest absolute Gasteiger partial charge is 0.302 e. The van der Waals surface area contributed by atoms with Crippen LogP contribution in [0.25, 0.3) is 0 Å². The third-order valence-corrected chi connectivity index (χ3v) is 2.01. The molecule has 0 saturated heterocycles. The van der Waals surface area contributed by atoms with E-state index in [2.05, 4.69) is 16.2 Å². The molecule has 0 rings (SSSR count). The molecule has 5 nitrogen and oxygen atoms in total. The van der Waals surface area contributed by atoms with Crippen molar-refractivity contribution < 1.29 is 9.59 Å².